The van der Waals surface area contributed by atoms with E-state index in [-0.39, 0.29) is 27.9 Å². The highest BCUT2D eigenvalue weighted by molar-refractivity contribution is 7.90. The number of carbonyl (C=O) groups excluding carboxylic acids is 1. The van der Waals surface area contributed by atoms with E-state index in [1.165, 1.54) is 36.4 Å². The maximum Gasteiger partial charge on any atom is 0.281 e. The molecule has 0 spiro atoms. The molecule has 1 aliphatic rings. The van der Waals surface area contributed by atoms with Crippen molar-refractivity contribution < 1.29 is 22.3 Å². The number of nitrogens with two attached hydrogens (primary N) is 1. The second-order valence-corrected chi connectivity index (χ2v) is 12.8. The maximum atomic E-state index is 14.6. The van der Waals surface area contributed by atoms with Gasteiger partial charge in [-0.1, -0.05) is 33.3 Å². The molecule has 0 bridgehead atoms. The van der Waals surface area contributed by atoms with E-state index in [0.717, 1.165) is 12.8 Å². The first-order valence-corrected chi connectivity index (χ1v) is 14.8. The molecule has 0 unspecified atom stereocenters. The number of nitrogens with one attached hydrogen (secondary N) is 1. The molecule has 1 fully saturated rings. The molecule has 3 aromatic rings. The largest absolute Gasteiger partial charge is 0.493 e. The standard InChI is InChI=1S/C29H36FN5O4S/c1-6-19-15-29(4,5)35(16-19)27-23(28(36)34-40(37,38)26-9-7-8-25(31)33-26)10-11-24(32-27)20-12-21(30)14-22(13-20)39-17-18(2)3/h7-14,18-19H,6,15-17H2,1-5H3,(H2,31,33)(H,34,36)/t19-/m0/s1. The summed E-state index contributed by atoms with van der Waals surface area (Å²) in [5, 5.41) is -0.367. The van der Waals surface area contributed by atoms with Gasteiger partial charge in [0.25, 0.3) is 15.9 Å². The van der Waals surface area contributed by atoms with Crippen LogP contribution in [0.3, 0.4) is 0 Å². The van der Waals surface area contributed by atoms with Crippen LogP contribution in [0.4, 0.5) is 16.0 Å². The number of aromatic nitrogens is 2. The molecule has 0 aliphatic carbocycles. The van der Waals surface area contributed by atoms with Crippen molar-refractivity contribution in [2.24, 2.45) is 11.8 Å². The molecular weight excluding hydrogens is 533 g/mol. The van der Waals surface area contributed by atoms with E-state index in [9.17, 15) is 17.6 Å². The van der Waals surface area contributed by atoms with Crippen molar-refractivity contribution in [2.75, 3.05) is 23.8 Å². The topological polar surface area (TPSA) is 128 Å². The fourth-order valence-electron chi connectivity index (χ4n) is 4.89. The van der Waals surface area contributed by atoms with Gasteiger partial charge in [0, 0.05) is 23.7 Å². The summed E-state index contributed by atoms with van der Waals surface area (Å²) in [6.45, 7) is 11.3. The number of sulfonamides is 1. The summed E-state index contributed by atoms with van der Waals surface area (Å²) in [6.07, 6.45) is 1.81. The smallest absolute Gasteiger partial charge is 0.281 e. The minimum Gasteiger partial charge on any atom is -0.493 e. The molecule has 1 amide bonds. The fraction of sp³-hybridized carbons (Fsp3) is 0.414. The predicted molar refractivity (Wildman–Crippen MR) is 153 cm³/mol. The fourth-order valence-corrected chi connectivity index (χ4v) is 5.83. The molecule has 0 radical (unpaired) electrons. The second-order valence-electron chi connectivity index (χ2n) is 11.2. The second kappa shape index (κ2) is 11.4. The van der Waals surface area contributed by atoms with Crippen molar-refractivity contribution in [1.29, 1.82) is 0 Å². The van der Waals surface area contributed by atoms with Crippen LogP contribution < -0.4 is 20.1 Å². The van der Waals surface area contributed by atoms with E-state index in [2.05, 4.69) is 30.5 Å². The average molecular weight is 570 g/mol. The molecule has 3 N–H and O–H groups in total. The van der Waals surface area contributed by atoms with Crippen LogP contribution in [0.5, 0.6) is 5.75 Å². The van der Waals surface area contributed by atoms with Crippen LogP contribution in [-0.2, 0) is 10.0 Å². The first-order valence-electron chi connectivity index (χ1n) is 13.3. The summed E-state index contributed by atoms with van der Waals surface area (Å²) in [5.74, 6) is 0.00344. The Hall–Kier alpha value is -3.73. The van der Waals surface area contributed by atoms with Gasteiger partial charge in [0.05, 0.1) is 17.9 Å². The third kappa shape index (κ3) is 6.52. The van der Waals surface area contributed by atoms with Gasteiger partial charge < -0.3 is 15.4 Å². The molecule has 3 heterocycles. The van der Waals surface area contributed by atoms with Crippen LogP contribution in [0.15, 0.2) is 53.6 Å². The van der Waals surface area contributed by atoms with Crippen LogP contribution in [0.25, 0.3) is 11.3 Å². The van der Waals surface area contributed by atoms with E-state index in [4.69, 9.17) is 15.5 Å². The highest BCUT2D eigenvalue weighted by Gasteiger charge is 2.40. The van der Waals surface area contributed by atoms with Crippen LogP contribution in [0.1, 0.15) is 57.8 Å². The number of halogens is 1. The molecule has 214 valence electrons. The minimum absolute atomic E-state index is 0.0123. The Morgan fingerprint density at radius 3 is 2.60 bits per heavy atom. The Labute approximate surface area is 235 Å². The zero-order valence-electron chi connectivity index (χ0n) is 23.4. The van der Waals surface area contributed by atoms with Crippen molar-refractivity contribution in [2.45, 2.75) is 58.0 Å². The molecule has 40 heavy (non-hydrogen) atoms. The summed E-state index contributed by atoms with van der Waals surface area (Å²) in [4.78, 5) is 24.1. The maximum absolute atomic E-state index is 14.6. The van der Waals surface area contributed by atoms with Crippen molar-refractivity contribution in [3.8, 4) is 17.0 Å². The molecule has 9 nitrogen and oxygen atoms in total. The minimum atomic E-state index is -4.30. The molecule has 4 rings (SSSR count). The highest BCUT2D eigenvalue weighted by Crippen LogP contribution is 2.40. The third-order valence-corrected chi connectivity index (χ3v) is 8.14. The van der Waals surface area contributed by atoms with Gasteiger partial charge in [0.2, 0.25) is 0 Å². The Morgan fingerprint density at radius 2 is 1.95 bits per heavy atom. The zero-order valence-corrected chi connectivity index (χ0v) is 24.3. The summed E-state index contributed by atoms with van der Waals surface area (Å²) in [5.41, 5.74) is 6.27. The Bertz CT molecular complexity index is 1510. The van der Waals surface area contributed by atoms with Gasteiger partial charge in [0.1, 0.15) is 23.2 Å². The number of rotatable bonds is 9. The van der Waals surface area contributed by atoms with Crippen molar-refractivity contribution in [1.82, 2.24) is 14.7 Å². The first-order chi connectivity index (χ1) is 18.8. The van der Waals surface area contributed by atoms with E-state index < -0.39 is 21.7 Å². The number of nitrogens with zero attached hydrogens (tertiary/aromatic N) is 3. The lowest BCUT2D eigenvalue weighted by molar-refractivity contribution is 0.0981. The summed E-state index contributed by atoms with van der Waals surface area (Å²) in [7, 11) is -4.30. The highest BCUT2D eigenvalue weighted by atomic mass is 32.2. The normalized spacial score (nSPS) is 16.8. The number of nitrogen functional groups attached to an aromatic ring is 1. The van der Waals surface area contributed by atoms with Crippen molar-refractivity contribution >= 4 is 27.6 Å². The molecule has 1 aliphatic heterocycles. The number of hydrogen-bond acceptors (Lipinski definition) is 8. The number of pyridine rings is 2. The SMILES string of the molecule is CC[C@@H]1CN(c2nc(-c3cc(F)cc(OCC(C)C)c3)ccc2C(=O)NS(=O)(=O)c2cccc(N)n2)C(C)(C)C1. The van der Waals surface area contributed by atoms with Crippen LogP contribution in [0, 0.1) is 17.7 Å². The molecule has 1 atom stereocenters. The molecular formula is C29H36FN5O4S. The predicted octanol–water partition coefficient (Wildman–Crippen LogP) is 5.03. The lowest BCUT2D eigenvalue weighted by Crippen LogP contribution is -2.41. The van der Waals surface area contributed by atoms with Crippen molar-refractivity contribution in [3.63, 3.8) is 0 Å². The number of hydrogen-bond donors (Lipinski definition) is 2. The first kappa shape index (κ1) is 29.3. The van der Waals surface area contributed by atoms with Gasteiger partial charge >= 0.3 is 0 Å². The van der Waals surface area contributed by atoms with E-state index in [1.54, 1.807) is 12.1 Å². The Kier molecular flexibility index (Phi) is 8.34. The van der Waals surface area contributed by atoms with E-state index >= 15 is 0 Å². The van der Waals surface area contributed by atoms with Crippen LogP contribution in [-0.4, -0.2) is 43.0 Å². The van der Waals surface area contributed by atoms with Gasteiger partial charge in [0.15, 0.2) is 5.03 Å². The summed E-state index contributed by atoms with van der Waals surface area (Å²) in [6, 6.07) is 11.6. The van der Waals surface area contributed by atoms with Gasteiger partial charge in [-0.2, -0.15) is 8.42 Å². The number of amides is 1. The third-order valence-electron chi connectivity index (χ3n) is 6.91. The van der Waals surface area contributed by atoms with E-state index in [0.29, 0.717) is 41.9 Å². The molecule has 1 aromatic carbocycles. The molecule has 11 heteroatoms. The quantitative estimate of drug-likeness (QED) is 0.367. The summed E-state index contributed by atoms with van der Waals surface area (Å²) >= 11 is 0. The van der Waals surface area contributed by atoms with Gasteiger partial charge in [-0.25, -0.2) is 19.1 Å². The van der Waals surface area contributed by atoms with Gasteiger partial charge in [-0.3, -0.25) is 4.79 Å². The lowest BCUT2D eigenvalue weighted by atomic mass is 9.95. The van der Waals surface area contributed by atoms with Crippen LogP contribution >= 0.6 is 0 Å². The molecule has 0 saturated carbocycles. The zero-order chi connectivity index (χ0) is 29.2. The number of benzene rings is 1. The van der Waals surface area contributed by atoms with Crippen LogP contribution in [0.2, 0.25) is 0 Å². The number of carbonyl (C=O) groups is 1. The number of ether oxygens (including phenoxy) is 1. The molecule has 1 saturated heterocycles. The molecule has 2 aromatic heterocycles. The lowest BCUT2D eigenvalue weighted by Gasteiger charge is -2.34. The van der Waals surface area contributed by atoms with Crippen molar-refractivity contribution in [3.05, 3.63) is 59.9 Å². The van der Waals surface area contributed by atoms with Gasteiger partial charge in [-0.15, -0.1) is 0 Å². The Morgan fingerprint density at radius 1 is 1.20 bits per heavy atom. The summed E-state index contributed by atoms with van der Waals surface area (Å²) < 4.78 is 48.3. The monoisotopic (exact) mass is 569 g/mol. The average Bonchev–Trinajstić information content (AvgIpc) is 3.20. The van der Waals surface area contributed by atoms with E-state index in [1.807, 2.05) is 18.7 Å². The van der Waals surface area contributed by atoms with Gasteiger partial charge in [-0.05, 0) is 68.5 Å². The Balaban J connectivity index is 1.77. The number of anilines is 2.